The summed E-state index contributed by atoms with van der Waals surface area (Å²) in [5.41, 5.74) is 0. The number of hydrogen-bond donors (Lipinski definition) is 0. The first kappa shape index (κ1) is 12.1. The molecule has 0 amide bonds. The SMILES string of the molecule is [B]CC(C)C(C)C[C@@H]([B])COC. The van der Waals surface area contributed by atoms with Gasteiger partial charge in [0.05, 0.1) is 15.7 Å². The zero-order valence-electron chi connectivity index (χ0n) is 8.42. The van der Waals surface area contributed by atoms with E-state index in [1.165, 1.54) is 0 Å². The highest BCUT2D eigenvalue weighted by molar-refractivity contribution is 6.11. The maximum absolute atomic E-state index is 5.81. The van der Waals surface area contributed by atoms with Gasteiger partial charge in [-0.15, -0.1) is 0 Å². The number of ether oxygens (including phenoxy) is 1. The topological polar surface area (TPSA) is 9.23 Å². The number of methoxy groups -OCH3 is 1. The Balaban J connectivity index is 3.59. The van der Waals surface area contributed by atoms with Gasteiger partial charge in [0.25, 0.3) is 0 Å². The van der Waals surface area contributed by atoms with Gasteiger partial charge in [0.15, 0.2) is 0 Å². The lowest BCUT2D eigenvalue weighted by Crippen LogP contribution is -2.13. The predicted octanol–water partition coefficient (Wildman–Crippen LogP) is 1.84. The highest BCUT2D eigenvalue weighted by atomic mass is 16.5. The van der Waals surface area contributed by atoms with Crippen molar-refractivity contribution in [1.29, 1.82) is 0 Å². The van der Waals surface area contributed by atoms with Crippen LogP contribution in [0.25, 0.3) is 0 Å². The molecule has 0 rings (SSSR count). The van der Waals surface area contributed by atoms with Gasteiger partial charge in [-0.1, -0.05) is 32.4 Å². The second-order valence-corrected chi connectivity index (χ2v) is 3.64. The molecule has 0 N–H and O–H groups in total. The average Bonchev–Trinajstić information content (AvgIpc) is 2.03. The smallest absolute Gasteiger partial charge is 0.0730 e. The summed E-state index contributed by atoms with van der Waals surface area (Å²) >= 11 is 0. The Labute approximate surface area is 79.1 Å². The van der Waals surface area contributed by atoms with E-state index in [1.807, 2.05) is 0 Å². The summed E-state index contributed by atoms with van der Waals surface area (Å²) < 4.78 is 4.96. The molecule has 3 atom stereocenters. The molecule has 3 heteroatoms. The standard InChI is InChI=1S/C9H18B2O/c1-7(8(2)5-10)4-9(11)6-12-3/h7-9H,4-6H2,1-3H3/t7?,8?,9-/m1/s1. The van der Waals surface area contributed by atoms with E-state index in [-0.39, 0.29) is 5.82 Å². The van der Waals surface area contributed by atoms with Crippen LogP contribution < -0.4 is 0 Å². The minimum atomic E-state index is 0.152. The van der Waals surface area contributed by atoms with Crippen molar-refractivity contribution in [3.05, 3.63) is 0 Å². The molecule has 0 aliphatic carbocycles. The molecule has 0 bridgehead atoms. The summed E-state index contributed by atoms with van der Waals surface area (Å²) in [6, 6.07) is 0. The summed E-state index contributed by atoms with van der Waals surface area (Å²) in [7, 11) is 13.0. The Kier molecular flexibility index (Phi) is 6.64. The monoisotopic (exact) mass is 164 g/mol. The van der Waals surface area contributed by atoms with Crippen LogP contribution in [0.1, 0.15) is 20.3 Å². The number of rotatable bonds is 6. The van der Waals surface area contributed by atoms with Crippen molar-refractivity contribution in [2.45, 2.75) is 32.4 Å². The summed E-state index contributed by atoms with van der Waals surface area (Å²) in [5.74, 6) is 1.28. The fraction of sp³-hybridized carbons (Fsp3) is 1.00. The molecule has 2 unspecified atom stereocenters. The van der Waals surface area contributed by atoms with Crippen molar-refractivity contribution in [2.24, 2.45) is 11.8 Å². The number of hydrogen-bond acceptors (Lipinski definition) is 1. The molecular formula is C9H18B2O. The molecule has 0 saturated heterocycles. The highest BCUT2D eigenvalue weighted by Crippen LogP contribution is 2.23. The molecule has 0 aromatic rings. The van der Waals surface area contributed by atoms with E-state index >= 15 is 0 Å². The predicted molar refractivity (Wildman–Crippen MR) is 54.9 cm³/mol. The second kappa shape index (κ2) is 6.59. The van der Waals surface area contributed by atoms with Gasteiger partial charge >= 0.3 is 0 Å². The summed E-state index contributed by atoms with van der Waals surface area (Å²) in [5, 5.41) is 0. The molecule has 0 fully saturated rings. The minimum absolute atomic E-state index is 0.152. The van der Waals surface area contributed by atoms with Crippen LogP contribution in [0.15, 0.2) is 0 Å². The van der Waals surface area contributed by atoms with Crippen LogP contribution in [-0.2, 0) is 4.74 Å². The van der Waals surface area contributed by atoms with Crippen molar-refractivity contribution in [3.63, 3.8) is 0 Å². The van der Waals surface area contributed by atoms with Crippen LogP contribution in [0, 0.1) is 11.8 Å². The van der Waals surface area contributed by atoms with Gasteiger partial charge in [-0.2, -0.15) is 0 Å². The van der Waals surface area contributed by atoms with Crippen LogP contribution >= 0.6 is 0 Å². The zero-order valence-corrected chi connectivity index (χ0v) is 8.42. The molecular weight excluding hydrogens is 146 g/mol. The molecule has 4 radical (unpaired) electrons. The van der Waals surface area contributed by atoms with E-state index < -0.39 is 0 Å². The third kappa shape index (κ3) is 4.87. The molecule has 1 nitrogen and oxygen atoms in total. The van der Waals surface area contributed by atoms with Gasteiger partial charge in [0.1, 0.15) is 0 Å². The Morgan fingerprint density at radius 3 is 2.25 bits per heavy atom. The first-order chi connectivity index (χ1) is 5.61. The van der Waals surface area contributed by atoms with E-state index in [4.69, 9.17) is 20.4 Å². The lowest BCUT2D eigenvalue weighted by Gasteiger charge is -2.22. The molecule has 0 aromatic carbocycles. The van der Waals surface area contributed by atoms with Crippen molar-refractivity contribution in [2.75, 3.05) is 13.7 Å². The lowest BCUT2D eigenvalue weighted by molar-refractivity contribution is 0.184. The Morgan fingerprint density at radius 1 is 1.25 bits per heavy atom. The van der Waals surface area contributed by atoms with E-state index in [0.717, 1.165) is 12.7 Å². The zero-order chi connectivity index (χ0) is 9.56. The summed E-state index contributed by atoms with van der Waals surface area (Å²) in [4.78, 5) is 0. The van der Waals surface area contributed by atoms with Crippen LogP contribution in [-0.4, -0.2) is 29.4 Å². The van der Waals surface area contributed by atoms with Crippen molar-refractivity contribution < 1.29 is 4.74 Å². The Morgan fingerprint density at radius 2 is 1.83 bits per heavy atom. The van der Waals surface area contributed by atoms with E-state index in [2.05, 4.69) is 13.8 Å². The van der Waals surface area contributed by atoms with Crippen molar-refractivity contribution in [1.82, 2.24) is 0 Å². The van der Waals surface area contributed by atoms with Crippen LogP contribution in [0.3, 0.4) is 0 Å². The Bertz CT molecular complexity index is 109. The van der Waals surface area contributed by atoms with Gasteiger partial charge < -0.3 is 4.74 Å². The van der Waals surface area contributed by atoms with Gasteiger partial charge in [-0.05, 0) is 11.8 Å². The van der Waals surface area contributed by atoms with E-state index in [9.17, 15) is 0 Å². The van der Waals surface area contributed by atoms with Crippen molar-refractivity contribution in [3.8, 4) is 0 Å². The first-order valence-electron chi connectivity index (χ1n) is 4.56. The van der Waals surface area contributed by atoms with Crippen LogP contribution in [0.2, 0.25) is 12.1 Å². The van der Waals surface area contributed by atoms with Gasteiger partial charge in [-0.25, -0.2) is 0 Å². The van der Waals surface area contributed by atoms with Gasteiger partial charge in [-0.3, -0.25) is 0 Å². The second-order valence-electron chi connectivity index (χ2n) is 3.64. The third-order valence-corrected chi connectivity index (χ3v) is 2.40. The van der Waals surface area contributed by atoms with E-state index in [0.29, 0.717) is 18.4 Å². The van der Waals surface area contributed by atoms with Crippen molar-refractivity contribution >= 4 is 15.7 Å². The average molecular weight is 164 g/mol. The maximum atomic E-state index is 5.81. The largest absolute Gasteiger partial charge is 0.385 e. The molecule has 0 saturated carbocycles. The van der Waals surface area contributed by atoms with Gasteiger partial charge in [0, 0.05) is 13.7 Å². The molecule has 12 heavy (non-hydrogen) atoms. The molecule has 0 aliphatic heterocycles. The first-order valence-corrected chi connectivity index (χ1v) is 4.56. The molecule has 0 aliphatic rings. The molecule has 0 spiro atoms. The fourth-order valence-corrected chi connectivity index (χ4v) is 1.22. The molecule has 0 aromatic heterocycles. The Hall–Kier alpha value is 0.0899. The van der Waals surface area contributed by atoms with E-state index in [1.54, 1.807) is 7.11 Å². The lowest BCUT2D eigenvalue weighted by atomic mass is 9.74. The van der Waals surface area contributed by atoms with Crippen LogP contribution in [0.5, 0.6) is 0 Å². The summed E-state index contributed by atoms with van der Waals surface area (Å²) in [6.45, 7) is 4.98. The molecule has 0 heterocycles. The summed E-state index contributed by atoms with van der Waals surface area (Å²) in [6.07, 6.45) is 1.73. The molecule has 66 valence electrons. The van der Waals surface area contributed by atoms with Crippen LogP contribution in [0.4, 0.5) is 0 Å². The normalized spacial score (nSPS) is 18.6. The quantitative estimate of drug-likeness (QED) is 0.544. The minimum Gasteiger partial charge on any atom is -0.385 e. The van der Waals surface area contributed by atoms with Gasteiger partial charge in [0.2, 0.25) is 0 Å². The fourth-order valence-electron chi connectivity index (χ4n) is 1.22. The maximum Gasteiger partial charge on any atom is 0.0730 e. The highest BCUT2D eigenvalue weighted by Gasteiger charge is 2.13. The third-order valence-electron chi connectivity index (χ3n) is 2.40.